The Balaban J connectivity index is 1.71. The molecule has 1 saturated heterocycles. The molecular formula is C16H19ClN2OS. The number of nitrogens with zero attached hydrogens (tertiary/aromatic N) is 2. The molecule has 1 aromatic carbocycles. The quantitative estimate of drug-likeness (QED) is 0.853. The number of halogens is 1. The van der Waals surface area contributed by atoms with Crippen LogP contribution in [0.2, 0.25) is 5.02 Å². The van der Waals surface area contributed by atoms with E-state index in [1.165, 1.54) is 11.1 Å². The van der Waals surface area contributed by atoms with Crippen LogP contribution in [0.1, 0.15) is 24.0 Å². The van der Waals surface area contributed by atoms with E-state index in [-0.39, 0.29) is 4.75 Å². The molecule has 0 saturated carbocycles. The second-order valence-corrected chi connectivity index (χ2v) is 7.36. The van der Waals surface area contributed by atoms with Crippen molar-refractivity contribution in [1.82, 2.24) is 4.90 Å². The summed E-state index contributed by atoms with van der Waals surface area (Å²) < 4.78 is 5.58. The Hall–Kier alpha value is -0.890. The summed E-state index contributed by atoms with van der Waals surface area (Å²) in [6, 6.07) is 6.52. The molecule has 1 aromatic rings. The summed E-state index contributed by atoms with van der Waals surface area (Å²) in [7, 11) is 0. The van der Waals surface area contributed by atoms with E-state index in [1.807, 2.05) is 18.4 Å². The number of ether oxygens (including phenoxy) is 1. The third-order valence-electron chi connectivity index (χ3n) is 4.48. The van der Waals surface area contributed by atoms with Crippen molar-refractivity contribution in [3.63, 3.8) is 0 Å². The lowest BCUT2D eigenvalue weighted by Gasteiger charge is -2.36. The van der Waals surface area contributed by atoms with Gasteiger partial charge < -0.3 is 4.74 Å². The van der Waals surface area contributed by atoms with Crippen LogP contribution in [0.3, 0.4) is 0 Å². The third kappa shape index (κ3) is 3.01. The zero-order valence-electron chi connectivity index (χ0n) is 12.2. The van der Waals surface area contributed by atoms with E-state index >= 15 is 0 Å². The fraction of sp³-hybridized carbons (Fsp3) is 0.562. The van der Waals surface area contributed by atoms with Gasteiger partial charge in [0.05, 0.1) is 12.7 Å². The van der Waals surface area contributed by atoms with Crippen LogP contribution in [0, 0.1) is 11.3 Å². The van der Waals surface area contributed by atoms with Gasteiger partial charge in [-0.05, 0) is 36.8 Å². The number of hydrogen-bond acceptors (Lipinski definition) is 4. The van der Waals surface area contributed by atoms with Gasteiger partial charge in [0.25, 0.3) is 0 Å². The monoisotopic (exact) mass is 322 g/mol. The van der Waals surface area contributed by atoms with Gasteiger partial charge in [-0.3, -0.25) is 4.90 Å². The highest BCUT2D eigenvalue weighted by Gasteiger charge is 2.34. The number of thioether (sulfide) groups is 1. The van der Waals surface area contributed by atoms with Gasteiger partial charge in [0, 0.05) is 36.6 Å². The highest BCUT2D eigenvalue weighted by molar-refractivity contribution is 8.00. The van der Waals surface area contributed by atoms with Gasteiger partial charge in [-0.15, -0.1) is 11.8 Å². The van der Waals surface area contributed by atoms with E-state index in [0.29, 0.717) is 0 Å². The van der Waals surface area contributed by atoms with Crippen LogP contribution in [0.15, 0.2) is 12.1 Å². The Morgan fingerprint density at radius 3 is 2.86 bits per heavy atom. The van der Waals surface area contributed by atoms with Crippen molar-refractivity contribution in [2.75, 3.05) is 26.0 Å². The Labute approximate surface area is 135 Å². The summed E-state index contributed by atoms with van der Waals surface area (Å²) in [5, 5.41) is 10.1. The molecule has 21 heavy (non-hydrogen) atoms. The van der Waals surface area contributed by atoms with Gasteiger partial charge in [-0.25, -0.2) is 0 Å². The van der Waals surface area contributed by atoms with Gasteiger partial charge in [0.2, 0.25) is 0 Å². The predicted octanol–water partition coefficient (Wildman–Crippen LogP) is 3.50. The highest BCUT2D eigenvalue weighted by Crippen LogP contribution is 2.37. The number of hydrogen-bond donors (Lipinski definition) is 0. The number of nitriles is 1. The number of rotatable bonds is 3. The first-order valence-electron chi connectivity index (χ1n) is 7.29. The fourth-order valence-electron chi connectivity index (χ4n) is 3.14. The average Bonchev–Trinajstić information content (AvgIpc) is 2.97. The lowest BCUT2D eigenvalue weighted by molar-refractivity contribution is 0.206. The number of piperidine rings is 1. The molecule has 112 valence electrons. The van der Waals surface area contributed by atoms with Gasteiger partial charge >= 0.3 is 0 Å². The number of fused-ring (bicyclic) bond motifs is 1. The Bertz CT molecular complexity index is 576. The van der Waals surface area contributed by atoms with E-state index in [0.717, 1.165) is 56.3 Å². The smallest absolute Gasteiger partial charge is 0.127 e. The minimum absolute atomic E-state index is 0.191. The first-order chi connectivity index (χ1) is 10.2. The second-order valence-electron chi connectivity index (χ2n) is 5.74. The summed E-state index contributed by atoms with van der Waals surface area (Å²) in [4.78, 5) is 2.40. The minimum atomic E-state index is -0.191. The molecule has 2 heterocycles. The SMILES string of the molecule is CSC1(C#N)CCN(Cc2cc(Cl)cc3c2OCC3)CC1. The van der Waals surface area contributed by atoms with Crippen molar-refractivity contribution in [1.29, 1.82) is 5.26 Å². The van der Waals surface area contributed by atoms with Crippen molar-refractivity contribution in [2.24, 2.45) is 0 Å². The number of likely N-dealkylation sites (tertiary alicyclic amines) is 1. The zero-order valence-corrected chi connectivity index (χ0v) is 13.8. The molecule has 0 radical (unpaired) electrons. The lowest BCUT2D eigenvalue weighted by atomic mass is 9.96. The number of benzene rings is 1. The van der Waals surface area contributed by atoms with Crippen LogP contribution >= 0.6 is 23.4 Å². The normalized spacial score (nSPS) is 20.6. The van der Waals surface area contributed by atoms with Crippen LogP contribution in [0.25, 0.3) is 0 Å². The van der Waals surface area contributed by atoms with Crippen LogP contribution in [-0.4, -0.2) is 35.6 Å². The van der Waals surface area contributed by atoms with E-state index in [1.54, 1.807) is 11.8 Å². The van der Waals surface area contributed by atoms with Gasteiger partial charge in [-0.1, -0.05) is 11.6 Å². The standard InChI is InChI=1S/C16H19ClN2OS/c1-21-16(11-18)3-5-19(6-4-16)10-13-9-14(17)8-12-2-7-20-15(12)13/h8-9H,2-7,10H2,1H3. The third-order valence-corrected chi connectivity index (χ3v) is 5.98. The van der Waals surface area contributed by atoms with E-state index in [4.69, 9.17) is 16.3 Å². The molecule has 0 bridgehead atoms. The topological polar surface area (TPSA) is 36.3 Å². The van der Waals surface area contributed by atoms with Crippen LogP contribution in [0.4, 0.5) is 0 Å². The maximum absolute atomic E-state index is 9.35. The summed E-state index contributed by atoms with van der Waals surface area (Å²) in [6.07, 6.45) is 4.84. The lowest BCUT2D eigenvalue weighted by Crippen LogP contribution is -2.41. The molecule has 2 aliphatic rings. The molecule has 0 unspecified atom stereocenters. The van der Waals surface area contributed by atoms with Crippen molar-refractivity contribution in [2.45, 2.75) is 30.6 Å². The predicted molar refractivity (Wildman–Crippen MR) is 87.0 cm³/mol. The molecule has 0 aromatic heterocycles. The van der Waals surface area contributed by atoms with E-state index in [2.05, 4.69) is 11.0 Å². The Kier molecular flexibility index (Phi) is 4.35. The molecule has 2 aliphatic heterocycles. The minimum Gasteiger partial charge on any atom is -0.493 e. The van der Waals surface area contributed by atoms with Crippen LogP contribution < -0.4 is 4.74 Å². The average molecular weight is 323 g/mol. The highest BCUT2D eigenvalue weighted by atomic mass is 35.5. The van der Waals surface area contributed by atoms with E-state index < -0.39 is 0 Å². The van der Waals surface area contributed by atoms with Crippen LogP contribution in [0.5, 0.6) is 5.75 Å². The maximum Gasteiger partial charge on any atom is 0.127 e. The molecular weight excluding hydrogens is 304 g/mol. The first-order valence-corrected chi connectivity index (χ1v) is 8.89. The van der Waals surface area contributed by atoms with Gasteiger partial charge in [-0.2, -0.15) is 5.26 Å². The van der Waals surface area contributed by atoms with Gasteiger partial charge in [0.15, 0.2) is 0 Å². The van der Waals surface area contributed by atoms with Crippen molar-refractivity contribution in [3.05, 3.63) is 28.3 Å². The Morgan fingerprint density at radius 2 is 2.19 bits per heavy atom. The molecule has 0 spiro atoms. The molecule has 3 rings (SSSR count). The zero-order chi connectivity index (χ0) is 14.9. The molecule has 3 nitrogen and oxygen atoms in total. The van der Waals surface area contributed by atoms with Crippen molar-refractivity contribution >= 4 is 23.4 Å². The molecule has 1 fully saturated rings. The van der Waals surface area contributed by atoms with Gasteiger partial charge in [0.1, 0.15) is 10.5 Å². The maximum atomic E-state index is 9.35. The summed E-state index contributed by atoms with van der Waals surface area (Å²) in [6.45, 7) is 3.52. The Morgan fingerprint density at radius 1 is 1.43 bits per heavy atom. The first kappa shape index (κ1) is 15.0. The molecule has 0 aliphatic carbocycles. The summed E-state index contributed by atoms with van der Waals surface area (Å²) >= 11 is 7.91. The molecule has 0 atom stereocenters. The van der Waals surface area contributed by atoms with Crippen molar-refractivity contribution in [3.8, 4) is 11.8 Å². The molecule has 5 heteroatoms. The molecule has 0 amide bonds. The van der Waals surface area contributed by atoms with Crippen molar-refractivity contribution < 1.29 is 4.74 Å². The second kappa shape index (κ2) is 6.08. The summed E-state index contributed by atoms with van der Waals surface area (Å²) in [5.41, 5.74) is 2.41. The molecule has 0 N–H and O–H groups in total. The fourth-order valence-corrected chi connectivity index (χ4v) is 4.08. The largest absolute Gasteiger partial charge is 0.493 e. The van der Waals surface area contributed by atoms with E-state index in [9.17, 15) is 5.26 Å². The summed E-state index contributed by atoms with van der Waals surface area (Å²) in [5.74, 6) is 1.03. The van der Waals surface area contributed by atoms with Crippen LogP contribution in [-0.2, 0) is 13.0 Å².